The summed E-state index contributed by atoms with van der Waals surface area (Å²) in [6, 6.07) is 3.79. The van der Waals surface area contributed by atoms with E-state index in [1.54, 1.807) is 6.33 Å². The van der Waals surface area contributed by atoms with Gasteiger partial charge in [-0.25, -0.2) is 9.78 Å². The predicted octanol–water partition coefficient (Wildman–Crippen LogP) is 3.76. The van der Waals surface area contributed by atoms with Crippen molar-refractivity contribution in [1.82, 2.24) is 15.3 Å². The van der Waals surface area contributed by atoms with Gasteiger partial charge in [-0.3, -0.25) is 0 Å². The molecule has 1 aromatic heterocycles. The highest BCUT2D eigenvalue weighted by molar-refractivity contribution is 9.10. The van der Waals surface area contributed by atoms with Gasteiger partial charge in [0.05, 0.1) is 36.6 Å². The van der Waals surface area contributed by atoms with Gasteiger partial charge in [-0.05, 0) is 39.8 Å². The van der Waals surface area contributed by atoms with Crippen LogP contribution in [-0.4, -0.2) is 34.3 Å². The van der Waals surface area contributed by atoms with E-state index in [1.165, 1.54) is 0 Å². The highest BCUT2D eigenvalue weighted by atomic mass is 79.9. The Kier molecular flexibility index (Phi) is 5.64. The molecule has 6 nitrogen and oxygen atoms in total. The Labute approximate surface area is 144 Å². The number of halogens is 1. The third kappa shape index (κ3) is 5.51. The topological polar surface area (TPSA) is 76.2 Å². The number of amides is 1. The molecular formula is C16H22BrN3O3. The van der Waals surface area contributed by atoms with E-state index in [2.05, 4.69) is 31.2 Å². The van der Waals surface area contributed by atoms with Crippen LogP contribution in [0.25, 0.3) is 11.0 Å². The number of benzene rings is 1. The Morgan fingerprint density at radius 1 is 1.43 bits per heavy atom. The first kappa shape index (κ1) is 17.7. The molecule has 126 valence electrons. The molecule has 0 aliphatic carbocycles. The number of hydrogen-bond acceptors (Lipinski definition) is 4. The van der Waals surface area contributed by atoms with Crippen LogP contribution in [0.5, 0.6) is 0 Å². The van der Waals surface area contributed by atoms with Crippen molar-refractivity contribution >= 4 is 33.1 Å². The van der Waals surface area contributed by atoms with Crippen molar-refractivity contribution < 1.29 is 14.3 Å². The lowest BCUT2D eigenvalue weighted by Crippen LogP contribution is -2.39. The number of nitrogens with one attached hydrogen (secondary N) is 2. The largest absolute Gasteiger partial charge is 0.444 e. The lowest BCUT2D eigenvalue weighted by Gasteiger charge is -2.22. The van der Waals surface area contributed by atoms with Crippen LogP contribution in [0.2, 0.25) is 0 Å². The maximum Gasteiger partial charge on any atom is 0.407 e. The first-order chi connectivity index (χ1) is 10.7. The van der Waals surface area contributed by atoms with E-state index in [-0.39, 0.29) is 6.04 Å². The number of hydrogen-bond donors (Lipinski definition) is 2. The molecule has 1 heterocycles. The number of nitrogens with zero attached hydrogens (tertiary/aromatic N) is 1. The molecule has 1 aromatic carbocycles. The number of aromatic amines is 1. The quantitative estimate of drug-likeness (QED) is 0.823. The van der Waals surface area contributed by atoms with E-state index in [0.29, 0.717) is 13.2 Å². The Balaban J connectivity index is 1.84. The summed E-state index contributed by atoms with van der Waals surface area (Å²) in [4.78, 5) is 19.0. The molecule has 2 rings (SSSR count). The van der Waals surface area contributed by atoms with Gasteiger partial charge in [-0.2, -0.15) is 0 Å². The normalized spacial score (nSPS) is 13.1. The number of fused-ring (bicyclic) bond motifs is 1. The van der Waals surface area contributed by atoms with E-state index in [0.717, 1.165) is 21.1 Å². The Hall–Kier alpha value is -1.60. The van der Waals surface area contributed by atoms with Crippen molar-refractivity contribution in [3.63, 3.8) is 0 Å². The van der Waals surface area contributed by atoms with Crippen LogP contribution >= 0.6 is 15.9 Å². The fourth-order valence-corrected chi connectivity index (χ4v) is 2.59. The Morgan fingerprint density at radius 3 is 2.87 bits per heavy atom. The zero-order chi connectivity index (χ0) is 17.0. The van der Waals surface area contributed by atoms with Crippen molar-refractivity contribution in [3.8, 4) is 0 Å². The van der Waals surface area contributed by atoms with Gasteiger partial charge in [0.2, 0.25) is 0 Å². The van der Waals surface area contributed by atoms with E-state index >= 15 is 0 Å². The summed E-state index contributed by atoms with van der Waals surface area (Å²) in [6.07, 6.45) is 1.22. The molecule has 1 amide bonds. The van der Waals surface area contributed by atoms with Gasteiger partial charge in [-0.1, -0.05) is 15.9 Å². The molecule has 0 bridgehead atoms. The second kappa shape index (κ2) is 7.31. The minimum atomic E-state index is -0.507. The molecule has 1 atom stereocenters. The molecule has 23 heavy (non-hydrogen) atoms. The minimum Gasteiger partial charge on any atom is -0.444 e. The molecule has 0 spiro atoms. The number of H-pyrrole nitrogens is 1. The highest BCUT2D eigenvalue weighted by Gasteiger charge is 2.17. The monoisotopic (exact) mass is 383 g/mol. The third-order valence-corrected chi connectivity index (χ3v) is 3.42. The summed E-state index contributed by atoms with van der Waals surface area (Å²) >= 11 is 3.47. The van der Waals surface area contributed by atoms with E-state index in [9.17, 15) is 4.79 Å². The van der Waals surface area contributed by atoms with Crippen LogP contribution in [0.4, 0.5) is 4.79 Å². The van der Waals surface area contributed by atoms with Gasteiger partial charge < -0.3 is 19.8 Å². The molecule has 2 N–H and O–H groups in total. The van der Waals surface area contributed by atoms with Crippen molar-refractivity contribution in [1.29, 1.82) is 0 Å². The number of alkyl carbamates (subject to hydrolysis) is 1. The number of aromatic nitrogens is 2. The summed E-state index contributed by atoms with van der Waals surface area (Å²) in [6.45, 7) is 8.18. The number of ether oxygens (including phenoxy) is 2. The Morgan fingerprint density at radius 2 is 2.17 bits per heavy atom. The van der Waals surface area contributed by atoms with E-state index < -0.39 is 11.7 Å². The minimum absolute atomic E-state index is 0.144. The zero-order valence-electron chi connectivity index (χ0n) is 13.8. The van der Waals surface area contributed by atoms with Crippen LogP contribution in [0, 0.1) is 0 Å². The highest BCUT2D eigenvalue weighted by Crippen LogP contribution is 2.22. The fraction of sp³-hybridized carbons (Fsp3) is 0.500. The smallest absolute Gasteiger partial charge is 0.407 e. The fourth-order valence-electron chi connectivity index (χ4n) is 2.09. The summed E-state index contributed by atoms with van der Waals surface area (Å²) in [5.74, 6) is 0. The standard InChI is InChI=1S/C16H22BrN3O3/c1-10(20-15(21)23-16(2,3)4)7-22-8-11-5-12(17)6-13-14(11)19-9-18-13/h5-6,9-10H,7-8H2,1-4H3,(H,18,19)(H,20,21). The SMILES string of the molecule is CC(COCc1cc(Br)cc2nc[nH]c12)NC(=O)OC(C)(C)C. The molecule has 2 aromatic rings. The van der Waals surface area contributed by atoms with E-state index in [1.807, 2.05) is 39.8 Å². The maximum absolute atomic E-state index is 11.7. The number of carbonyl (C=O) groups is 1. The first-order valence-corrected chi connectivity index (χ1v) is 8.22. The van der Waals surface area contributed by atoms with Gasteiger partial charge in [-0.15, -0.1) is 0 Å². The van der Waals surface area contributed by atoms with Gasteiger partial charge in [0.25, 0.3) is 0 Å². The first-order valence-electron chi connectivity index (χ1n) is 7.43. The molecule has 7 heteroatoms. The number of rotatable bonds is 5. The third-order valence-electron chi connectivity index (χ3n) is 2.97. The molecule has 0 aliphatic rings. The van der Waals surface area contributed by atoms with Crippen molar-refractivity contribution in [2.45, 2.75) is 45.9 Å². The number of imidazole rings is 1. The molecule has 0 radical (unpaired) electrons. The molecule has 0 saturated carbocycles. The summed E-state index contributed by atoms with van der Waals surface area (Å²) in [5.41, 5.74) is 2.35. The number of carbonyl (C=O) groups excluding carboxylic acids is 1. The van der Waals surface area contributed by atoms with Gasteiger partial charge in [0.1, 0.15) is 5.60 Å². The van der Waals surface area contributed by atoms with Crippen LogP contribution in [0.1, 0.15) is 33.3 Å². The van der Waals surface area contributed by atoms with Gasteiger partial charge in [0, 0.05) is 10.0 Å². The summed E-state index contributed by atoms with van der Waals surface area (Å²) in [5, 5.41) is 2.75. The molecule has 1 unspecified atom stereocenters. The summed E-state index contributed by atoms with van der Waals surface area (Å²) < 4.78 is 11.9. The predicted molar refractivity (Wildman–Crippen MR) is 92.3 cm³/mol. The second-order valence-corrected chi connectivity index (χ2v) is 7.34. The molecular weight excluding hydrogens is 362 g/mol. The van der Waals surface area contributed by atoms with Gasteiger partial charge in [0.15, 0.2) is 0 Å². The van der Waals surface area contributed by atoms with Crippen LogP contribution in [0.3, 0.4) is 0 Å². The zero-order valence-corrected chi connectivity index (χ0v) is 15.4. The van der Waals surface area contributed by atoms with Crippen LogP contribution in [-0.2, 0) is 16.1 Å². The molecule has 0 aliphatic heterocycles. The summed E-state index contributed by atoms with van der Waals surface area (Å²) in [7, 11) is 0. The maximum atomic E-state index is 11.7. The van der Waals surface area contributed by atoms with Crippen LogP contribution < -0.4 is 5.32 Å². The van der Waals surface area contributed by atoms with Crippen molar-refractivity contribution in [2.24, 2.45) is 0 Å². The Bertz CT molecular complexity index is 679. The second-order valence-electron chi connectivity index (χ2n) is 6.42. The molecule has 0 saturated heterocycles. The van der Waals surface area contributed by atoms with Gasteiger partial charge >= 0.3 is 6.09 Å². The lowest BCUT2D eigenvalue weighted by atomic mass is 10.2. The van der Waals surface area contributed by atoms with Crippen LogP contribution in [0.15, 0.2) is 22.9 Å². The van der Waals surface area contributed by atoms with E-state index in [4.69, 9.17) is 9.47 Å². The lowest BCUT2D eigenvalue weighted by molar-refractivity contribution is 0.0442. The average Bonchev–Trinajstić information content (AvgIpc) is 2.83. The molecule has 0 fully saturated rings. The van der Waals surface area contributed by atoms with Crippen molar-refractivity contribution in [2.75, 3.05) is 6.61 Å². The van der Waals surface area contributed by atoms with Crippen molar-refractivity contribution in [3.05, 3.63) is 28.5 Å². The average molecular weight is 384 g/mol.